The largest absolute Gasteiger partial charge is 0.477 e. The lowest BCUT2D eigenvalue weighted by Crippen LogP contribution is -2.52. The number of aliphatic hydroxyl groups excluding tert-OH is 2. The van der Waals surface area contributed by atoms with Gasteiger partial charge in [-0.25, -0.2) is 9.78 Å². The van der Waals surface area contributed by atoms with Crippen molar-refractivity contribution in [2.24, 2.45) is 0 Å². The predicted octanol–water partition coefficient (Wildman–Crippen LogP) is -1.03. The summed E-state index contributed by atoms with van der Waals surface area (Å²) in [5, 5.41) is 27.1. The van der Waals surface area contributed by atoms with Gasteiger partial charge in [-0.2, -0.15) is 0 Å². The second kappa shape index (κ2) is 6.61. The van der Waals surface area contributed by atoms with Crippen molar-refractivity contribution >= 4 is 11.9 Å². The number of carbonyl (C=O) groups excluding carboxylic acids is 1. The van der Waals surface area contributed by atoms with Crippen LogP contribution in [0.5, 0.6) is 0 Å². The number of morpholine rings is 1. The molecular formula is C13H16N2O6. The molecule has 1 aromatic rings. The van der Waals surface area contributed by atoms with Gasteiger partial charge in [-0.15, -0.1) is 0 Å². The zero-order valence-electron chi connectivity index (χ0n) is 11.2. The molecule has 114 valence electrons. The average molecular weight is 296 g/mol. The van der Waals surface area contributed by atoms with Crippen LogP contribution in [0.2, 0.25) is 0 Å². The van der Waals surface area contributed by atoms with E-state index in [1.807, 2.05) is 0 Å². The van der Waals surface area contributed by atoms with Gasteiger partial charge in [0.25, 0.3) is 5.91 Å². The highest BCUT2D eigenvalue weighted by atomic mass is 16.5. The van der Waals surface area contributed by atoms with Gasteiger partial charge >= 0.3 is 5.97 Å². The lowest BCUT2D eigenvalue weighted by molar-refractivity contribution is -0.108. The van der Waals surface area contributed by atoms with Crippen LogP contribution in [-0.2, 0) is 4.74 Å². The number of aliphatic hydroxyl groups is 2. The summed E-state index contributed by atoms with van der Waals surface area (Å²) in [6.07, 6.45) is 0.0978. The average Bonchev–Trinajstić information content (AvgIpc) is 2.53. The Morgan fingerprint density at radius 1 is 1.24 bits per heavy atom. The number of carbonyl (C=O) groups is 2. The van der Waals surface area contributed by atoms with Gasteiger partial charge in [0.2, 0.25) is 0 Å². The van der Waals surface area contributed by atoms with E-state index in [9.17, 15) is 9.59 Å². The van der Waals surface area contributed by atoms with Crippen LogP contribution in [0.1, 0.15) is 20.8 Å². The first-order chi connectivity index (χ1) is 10.0. The van der Waals surface area contributed by atoms with Crippen LogP contribution in [0.3, 0.4) is 0 Å². The number of ether oxygens (including phenoxy) is 1. The number of hydrogen-bond donors (Lipinski definition) is 3. The third-order valence-corrected chi connectivity index (χ3v) is 3.16. The number of pyridine rings is 1. The summed E-state index contributed by atoms with van der Waals surface area (Å²) in [6.45, 7) is -0.105. The molecule has 0 aromatic carbocycles. The van der Waals surface area contributed by atoms with Gasteiger partial charge in [-0.1, -0.05) is 0 Å². The van der Waals surface area contributed by atoms with Gasteiger partial charge in [0.1, 0.15) is 5.69 Å². The number of aromatic carboxylic acids is 1. The van der Waals surface area contributed by atoms with Gasteiger partial charge in [0.05, 0.1) is 31.0 Å². The molecule has 2 rings (SSSR count). The van der Waals surface area contributed by atoms with Crippen molar-refractivity contribution < 1.29 is 29.6 Å². The number of amides is 1. The van der Waals surface area contributed by atoms with Crippen molar-refractivity contribution in [1.29, 1.82) is 0 Å². The Morgan fingerprint density at radius 2 is 1.86 bits per heavy atom. The quantitative estimate of drug-likeness (QED) is 0.650. The molecule has 0 unspecified atom stereocenters. The Bertz CT molecular complexity index is 506. The SMILES string of the molecule is O=C(O)c1ccc(C(=O)N2C[C@H](CO)O[C@@H](CO)C2)cn1. The highest BCUT2D eigenvalue weighted by Crippen LogP contribution is 2.14. The number of nitrogens with zero attached hydrogens (tertiary/aromatic N) is 2. The van der Waals surface area contributed by atoms with E-state index in [2.05, 4.69) is 4.98 Å². The van der Waals surface area contributed by atoms with E-state index in [-0.39, 0.29) is 43.5 Å². The van der Waals surface area contributed by atoms with Crippen molar-refractivity contribution in [3.8, 4) is 0 Å². The van der Waals surface area contributed by atoms with Crippen molar-refractivity contribution in [3.05, 3.63) is 29.6 Å². The molecule has 0 aliphatic carbocycles. The fourth-order valence-electron chi connectivity index (χ4n) is 2.12. The topological polar surface area (TPSA) is 120 Å². The van der Waals surface area contributed by atoms with Crippen LogP contribution < -0.4 is 0 Å². The molecule has 1 saturated heterocycles. The Hall–Kier alpha value is -2.03. The van der Waals surface area contributed by atoms with Gasteiger partial charge < -0.3 is 25.0 Å². The molecular weight excluding hydrogens is 280 g/mol. The van der Waals surface area contributed by atoms with Crippen LogP contribution in [0.25, 0.3) is 0 Å². The number of carboxylic acid groups (broad SMARTS) is 1. The Labute approximate surface area is 120 Å². The maximum atomic E-state index is 12.3. The van der Waals surface area contributed by atoms with E-state index in [4.69, 9.17) is 20.1 Å². The summed E-state index contributed by atoms with van der Waals surface area (Å²) < 4.78 is 5.36. The second-order valence-corrected chi connectivity index (χ2v) is 4.69. The standard InChI is InChI=1S/C13H16N2O6/c16-6-9-4-15(5-10(7-17)21-9)12(18)8-1-2-11(13(19)20)14-3-8/h1-3,9-10,16-17H,4-7H2,(H,19,20)/t9-,10-/m1/s1. The first-order valence-corrected chi connectivity index (χ1v) is 6.41. The van der Waals surface area contributed by atoms with Gasteiger partial charge in [-0.3, -0.25) is 4.79 Å². The van der Waals surface area contributed by atoms with Gasteiger partial charge in [0.15, 0.2) is 0 Å². The molecule has 8 nitrogen and oxygen atoms in total. The van der Waals surface area contributed by atoms with Crippen LogP contribution >= 0.6 is 0 Å². The molecule has 0 bridgehead atoms. The summed E-state index contributed by atoms with van der Waals surface area (Å²) >= 11 is 0. The zero-order valence-corrected chi connectivity index (χ0v) is 11.2. The van der Waals surface area contributed by atoms with Crippen LogP contribution in [-0.4, -0.2) is 75.6 Å². The fraction of sp³-hybridized carbons (Fsp3) is 0.462. The van der Waals surface area contributed by atoms with E-state index < -0.39 is 18.2 Å². The number of aromatic nitrogens is 1. The molecule has 21 heavy (non-hydrogen) atoms. The van der Waals surface area contributed by atoms with Crippen molar-refractivity contribution in [2.75, 3.05) is 26.3 Å². The Balaban J connectivity index is 2.12. The van der Waals surface area contributed by atoms with Gasteiger partial charge in [-0.05, 0) is 12.1 Å². The molecule has 0 spiro atoms. The monoisotopic (exact) mass is 296 g/mol. The second-order valence-electron chi connectivity index (χ2n) is 4.69. The molecule has 0 radical (unpaired) electrons. The number of carboxylic acids is 1. The molecule has 2 heterocycles. The van der Waals surface area contributed by atoms with E-state index in [1.165, 1.54) is 23.2 Å². The predicted molar refractivity (Wildman–Crippen MR) is 69.9 cm³/mol. The van der Waals surface area contributed by atoms with Gasteiger partial charge in [0, 0.05) is 19.3 Å². The normalized spacial score (nSPS) is 22.1. The lowest BCUT2D eigenvalue weighted by Gasteiger charge is -2.36. The Morgan fingerprint density at radius 3 is 2.29 bits per heavy atom. The molecule has 1 aliphatic heterocycles. The highest BCUT2D eigenvalue weighted by Gasteiger charge is 2.30. The zero-order chi connectivity index (χ0) is 15.4. The van der Waals surface area contributed by atoms with E-state index in [0.29, 0.717) is 0 Å². The van der Waals surface area contributed by atoms with Crippen LogP contribution in [0.15, 0.2) is 18.3 Å². The maximum Gasteiger partial charge on any atom is 0.354 e. The van der Waals surface area contributed by atoms with Crippen molar-refractivity contribution in [2.45, 2.75) is 12.2 Å². The summed E-state index contributed by atoms with van der Waals surface area (Å²) in [5.74, 6) is -1.51. The minimum absolute atomic E-state index is 0.144. The lowest BCUT2D eigenvalue weighted by atomic mass is 10.1. The van der Waals surface area contributed by atoms with E-state index >= 15 is 0 Å². The molecule has 2 atom stereocenters. The molecule has 0 saturated carbocycles. The molecule has 1 aromatic heterocycles. The minimum atomic E-state index is -1.17. The molecule has 3 N–H and O–H groups in total. The first-order valence-electron chi connectivity index (χ1n) is 6.41. The number of rotatable bonds is 4. The fourth-order valence-corrected chi connectivity index (χ4v) is 2.12. The highest BCUT2D eigenvalue weighted by molar-refractivity contribution is 5.95. The summed E-state index contributed by atoms with van der Waals surface area (Å²) in [4.78, 5) is 28.2. The Kier molecular flexibility index (Phi) is 4.84. The number of hydrogen-bond acceptors (Lipinski definition) is 6. The van der Waals surface area contributed by atoms with Crippen molar-refractivity contribution in [3.63, 3.8) is 0 Å². The molecule has 1 amide bonds. The smallest absolute Gasteiger partial charge is 0.354 e. The first kappa shape index (κ1) is 15.4. The maximum absolute atomic E-state index is 12.3. The summed E-state index contributed by atoms with van der Waals surface area (Å²) in [7, 11) is 0. The third kappa shape index (κ3) is 3.54. The molecule has 1 fully saturated rings. The van der Waals surface area contributed by atoms with Crippen LogP contribution in [0.4, 0.5) is 0 Å². The van der Waals surface area contributed by atoms with E-state index in [0.717, 1.165) is 0 Å². The summed E-state index contributed by atoms with van der Waals surface area (Å²) in [6, 6.07) is 2.64. The van der Waals surface area contributed by atoms with Crippen molar-refractivity contribution in [1.82, 2.24) is 9.88 Å². The molecule has 8 heteroatoms. The molecule has 1 aliphatic rings. The third-order valence-electron chi connectivity index (χ3n) is 3.16. The summed E-state index contributed by atoms with van der Waals surface area (Å²) in [5.41, 5.74) is 0.102. The van der Waals surface area contributed by atoms with E-state index in [1.54, 1.807) is 0 Å². The minimum Gasteiger partial charge on any atom is -0.477 e. The van der Waals surface area contributed by atoms with Crippen LogP contribution in [0, 0.1) is 0 Å².